The zero-order chi connectivity index (χ0) is 10.8. The molecule has 0 radical (unpaired) electrons. The van der Waals surface area contributed by atoms with Crippen molar-refractivity contribution < 1.29 is 0 Å². The molecule has 0 aliphatic heterocycles. The number of pyridine rings is 1. The van der Waals surface area contributed by atoms with Gasteiger partial charge in [0.15, 0.2) is 0 Å². The normalized spacial score (nSPS) is 10.3. The molecule has 0 spiro atoms. The van der Waals surface area contributed by atoms with Crippen LogP contribution >= 0.6 is 31.9 Å². The molecule has 2 aromatic rings. The standard InChI is InChI=1S/C12H9Br2N/c1-8-4-2-3-5-9(8)12-6-10(13)11(14)7-15-12/h2-7H,1H3. The van der Waals surface area contributed by atoms with Gasteiger partial charge in [-0.05, 0) is 50.4 Å². The first-order valence-electron chi connectivity index (χ1n) is 4.55. The van der Waals surface area contributed by atoms with E-state index in [1.54, 1.807) is 0 Å². The van der Waals surface area contributed by atoms with Crippen molar-refractivity contribution in [2.24, 2.45) is 0 Å². The van der Waals surface area contributed by atoms with Crippen LogP contribution in [0.1, 0.15) is 5.56 Å². The highest BCUT2D eigenvalue weighted by Crippen LogP contribution is 2.28. The second-order valence-electron chi connectivity index (χ2n) is 3.30. The monoisotopic (exact) mass is 325 g/mol. The fraction of sp³-hybridized carbons (Fsp3) is 0.0833. The van der Waals surface area contributed by atoms with Crippen molar-refractivity contribution >= 4 is 31.9 Å². The summed E-state index contributed by atoms with van der Waals surface area (Å²) in [4.78, 5) is 4.39. The summed E-state index contributed by atoms with van der Waals surface area (Å²) < 4.78 is 2.00. The Hall–Kier alpha value is -0.670. The Morgan fingerprint density at radius 2 is 1.80 bits per heavy atom. The van der Waals surface area contributed by atoms with Crippen LogP contribution < -0.4 is 0 Å². The van der Waals surface area contributed by atoms with Crippen molar-refractivity contribution in [1.29, 1.82) is 0 Å². The SMILES string of the molecule is Cc1ccccc1-c1cc(Br)c(Br)cn1. The van der Waals surface area contributed by atoms with Crippen molar-refractivity contribution in [3.63, 3.8) is 0 Å². The second kappa shape index (κ2) is 4.45. The largest absolute Gasteiger partial charge is 0.255 e. The molecule has 2 rings (SSSR count). The Bertz CT molecular complexity index is 495. The van der Waals surface area contributed by atoms with E-state index in [-0.39, 0.29) is 0 Å². The van der Waals surface area contributed by atoms with E-state index < -0.39 is 0 Å². The van der Waals surface area contributed by atoms with Crippen LogP contribution in [0.5, 0.6) is 0 Å². The topological polar surface area (TPSA) is 12.9 Å². The molecule has 0 aliphatic rings. The number of aryl methyl sites for hydroxylation is 1. The number of rotatable bonds is 1. The molecule has 1 aromatic carbocycles. The van der Waals surface area contributed by atoms with E-state index in [0.717, 1.165) is 14.6 Å². The summed E-state index contributed by atoms with van der Waals surface area (Å²) in [6.45, 7) is 2.09. The van der Waals surface area contributed by atoms with Crippen LogP contribution in [0.3, 0.4) is 0 Å². The van der Waals surface area contributed by atoms with Crippen LogP contribution in [0.4, 0.5) is 0 Å². The summed E-state index contributed by atoms with van der Waals surface area (Å²) in [6.07, 6.45) is 1.81. The number of hydrogen-bond acceptors (Lipinski definition) is 1. The highest BCUT2D eigenvalue weighted by atomic mass is 79.9. The average Bonchev–Trinajstić information content (AvgIpc) is 2.23. The van der Waals surface area contributed by atoms with Gasteiger partial charge in [0.1, 0.15) is 0 Å². The fourth-order valence-electron chi connectivity index (χ4n) is 1.42. The van der Waals surface area contributed by atoms with Crippen LogP contribution in [0, 0.1) is 6.92 Å². The Balaban J connectivity index is 2.55. The van der Waals surface area contributed by atoms with Crippen LogP contribution in [-0.4, -0.2) is 4.98 Å². The second-order valence-corrected chi connectivity index (χ2v) is 5.01. The Morgan fingerprint density at radius 3 is 2.47 bits per heavy atom. The van der Waals surface area contributed by atoms with E-state index in [9.17, 15) is 0 Å². The van der Waals surface area contributed by atoms with Gasteiger partial charge in [-0.3, -0.25) is 4.98 Å². The maximum absolute atomic E-state index is 4.39. The van der Waals surface area contributed by atoms with Crippen LogP contribution in [0.15, 0.2) is 45.5 Å². The minimum Gasteiger partial charge on any atom is -0.255 e. The highest BCUT2D eigenvalue weighted by Gasteiger charge is 2.04. The molecule has 0 fully saturated rings. The molecule has 0 N–H and O–H groups in total. The summed E-state index contributed by atoms with van der Waals surface area (Å²) in [6, 6.07) is 10.3. The number of halogens is 2. The number of aromatic nitrogens is 1. The minimum atomic E-state index is 0.972. The van der Waals surface area contributed by atoms with E-state index in [1.807, 2.05) is 24.4 Å². The summed E-state index contributed by atoms with van der Waals surface area (Å²) >= 11 is 6.89. The number of benzene rings is 1. The van der Waals surface area contributed by atoms with Crippen molar-refractivity contribution in [2.45, 2.75) is 6.92 Å². The van der Waals surface area contributed by atoms with Gasteiger partial charge in [-0.25, -0.2) is 0 Å². The lowest BCUT2D eigenvalue weighted by Gasteiger charge is -2.05. The van der Waals surface area contributed by atoms with Gasteiger partial charge in [0.2, 0.25) is 0 Å². The molecule has 15 heavy (non-hydrogen) atoms. The van der Waals surface area contributed by atoms with Gasteiger partial charge < -0.3 is 0 Å². The van der Waals surface area contributed by atoms with Gasteiger partial charge in [-0.15, -0.1) is 0 Å². The molecule has 0 unspecified atom stereocenters. The van der Waals surface area contributed by atoms with Gasteiger partial charge in [-0.1, -0.05) is 24.3 Å². The molecule has 0 saturated heterocycles. The van der Waals surface area contributed by atoms with Gasteiger partial charge in [0, 0.05) is 16.2 Å². The van der Waals surface area contributed by atoms with Crippen LogP contribution in [0.2, 0.25) is 0 Å². The fourth-order valence-corrected chi connectivity index (χ4v) is 1.96. The maximum Gasteiger partial charge on any atom is 0.0716 e. The lowest BCUT2D eigenvalue weighted by molar-refractivity contribution is 1.28. The summed E-state index contributed by atoms with van der Waals surface area (Å²) in [5.74, 6) is 0. The zero-order valence-electron chi connectivity index (χ0n) is 8.17. The van der Waals surface area contributed by atoms with Gasteiger partial charge in [0.05, 0.1) is 10.2 Å². The molecule has 0 saturated carbocycles. The van der Waals surface area contributed by atoms with E-state index in [0.29, 0.717) is 0 Å². The zero-order valence-corrected chi connectivity index (χ0v) is 11.3. The predicted molar refractivity (Wildman–Crippen MR) is 69.8 cm³/mol. The summed E-state index contributed by atoms with van der Waals surface area (Å²) in [7, 11) is 0. The number of hydrogen-bond donors (Lipinski definition) is 0. The molecule has 1 heterocycles. The Labute approximate surface area is 106 Å². The van der Waals surface area contributed by atoms with E-state index in [4.69, 9.17) is 0 Å². The first-order valence-corrected chi connectivity index (χ1v) is 6.14. The van der Waals surface area contributed by atoms with E-state index >= 15 is 0 Å². The maximum atomic E-state index is 4.39. The molecule has 1 nitrogen and oxygen atoms in total. The first kappa shape index (κ1) is 10.8. The lowest BCUT2D eigenvalue weighted by Crippen LogP contribution is -1.87. The van der Waals surface area contributed by atoms with Crippen LogP contribution in [-0.2, 0) is 0 Å². The third kappa shape index (κ3) is 2.29. The highest BCUT2D eigenvalue weighted by molar-refractivity contribution is 9.13. The van der Waals surface area contributed by atoms with E-state index in [1.165, 1.54) is 11.1 Å². The third-order valence-corrected chi connectivity index (χ3v) is 4.05. The molecule has 3 heteroatoms. The van der Waals surface area contributed by atoms with E-state index in [2.05, 4.69) is 55.9 Å². The molecule has 0 amide bonds. The molecular formula is C12H9Br2N. The molecule has 76 valence electrons. The molecular weight excluding hydrogens is 318 g/mol. The molecule has 1 aromatic heterocycles. The van der Waals surface area contributed by atoms with Crippen molar-refractivity contribution in [2.75, 3.05) is 0 Å². The van der Waals surface area contributed by atoms with Gasteiger partial charge >= 0.3 is 0 Å². The van der Waals surface area contributed by atoms with Crippen molar-refractivity contribution in [3.8, 4) is 11.3 Å². The summed E-state index contributed by atoms with van der Waals surface area (Å²) in [5, 5.41) is 0. The smallest absolute Gasteiger partial charge is 0.0716 e. The molecule has 0 bridgehead atoms. The Kier molecular flexibility index (Phi) is 3.22. The van der Waals surface area contributed by atoms with Gasteiger partial charge in [-0.2, -0.15) is 0 Å². The number of nitrogens with zero attached hydrogens (tertiary/aromatic N) is 1. The molecule has 0 aliphatic carbocycles. The van der Waals surface area contributed by atoms with Crippen LogP contribution in [0.25, 0.3) is 11.3 Å². The molecule has 0 atom stereocenters. The minimum absolute atomic E-state index is 0.972. The predicted octanol–water partition coefficient (Wildman–Crippen LogP) is 4.58. The summed E-state index contributed by atoms with van der Waals surface area (Å²) in [5.41, 5.74) is 3.40. The average molecular weight is 327 g/mol. The van der Waals surface area contributed by atoms with Crippen molar-refractivity contribution in [1.82, 2.24) is 4.98 Å². The van der Waals surface area contributed by atoms with Crippen molar-refractivity contribution in [3.05, 3.63) is 51.0 Å². The Morgan fingerprint density at radius 1 is 1.07 bits per heavy atom. The third-order valence-electron chi connectivity index (χ3n) is 2.23. The first-order chi connectivity index (χ1) is 7.18. The lowest BCUT2D eigenvalue weighted by atomic mass is 10.1. The quantitative estimate of drug-likeness (QED) is 0.747. The van der Waals surface area contributed by atoms with Gasteiger partial charge in [0.25, 0.3) is 0 Å².